The molecule has 1 aliphatic carbocycles. The third-order valence-electron chi connectivity index (χ3n) is 4.20. The monoisotopic (exact) mass is 255 g/mol. The molecule has 18 heavy (non-hydrogen) atoms. The lowest BCUT2D eigenvalue weighted by Crippen LogP contribution is -2.51. The molecule has 1 saturated carbocycles. The van der Waals surface area contributed by atoms with Gasteiger partial charge >= 0.3 is 5.97 Å². The van der Waals surface area contributed by atoms with Gasteiger partial charge in [-0.25, -0.2) is 0 Å². The number of carbonyl (C=O) groups excluding carboxylic acids is 1. The first-order valence-electron chi connectivity index (χ1n) is 7.28. The number of rotatable bonds is 4. The normalized spacial score (nSPS) is 28.2. The Labute approximate surface area is 109 Å². The highest BCUT2D eigenvalue weighted by atomic mass is 16.5. The Morgan fingerprint density at radius 2 is 2.06 bits per heavy atom. The quantitative estimate of drug-likeness (QED) is 0.777. The van der Waals surface area contributed by atoms with E-state index in [0.717, 1.165) is 51.5 Å². The van der Waals surface area contributed by atoms with E-state index in [2.05, 4.69) is 4.90 Å². The number of hydrogen-bond acceptors (Lipinski definition) is 4. The topological polar surface area (TPSA) is 49.8 Å². The van der Waals surface area contributed by atoms with Crippen LogP contribution in [0.15, 0.2) is 0 Å². The molecule has 1 aliphatic heterocycles. The molecule has 4 nitrogen and oxygen atoms in total. The maximum Gasteiger partial charge on any atom is 0.323 e. The fourth-order valence-corrected chi connectivity index (χ4v) is 3.25. The van der Waals surface area contributed by atoms with Crippen LogP contribution in [-0.2, 0) is 9.53 Å². The molecule has 0 amide bonds. The summed E-state index contributed by atoms with van der Waals surface area (Å²) < 4.78 is 5.15. The van der Waals surface area contributed by atoms with Crippen LogP contribution in [0.3, 0.4) is 0 Å². The average molecular weight is 255 g/mol. The summed E-state index contributed by atoms with van der Waals surface area (Å²) in [7, 11) is 0. The van der Waals surface area contributed by atoms with Gasteiger partial charge in [-0.05, 0) is 39.2 Å². The van der Waals surface area contributed by atoms with E-state index in [1.165, 1.54) is 0 Å². The summed E-state index contributed by atoms with van der Waals surface area (Å²) in [6, 6.07) is -0.136. The molecule has 1 atom stereocenters. The number of piperidine rings is 1. The molecule has 104 valence electrons. The van der Waals surface area contributed by atoms with Crippen LogP contribution < -0.4 is 0 Å². The molecule has 0 bridgehead atoms. The van der Waals surface area contributed by atoms with Crippen molar-refractivity contribution in [1.29, 1.82) is 0 Å². The first-order valence-corrected chi connectivity index (χ1v) is 7.28. The number of likely N-dealkylation sites (tertiary alicyclic amines) is 1. The maximum absolute atomic E-state index is 11.9. The molecule has 0 aromatic rings. The number of hydrogen-bond donors (Lipinski definition) is 1. The van der Waals surface area contributed by atoms with Crippen molar-refractivity contribution in [2.24, 2.45) is 0 Å². The fraction of sp³-hybridized carbons (Fsp3) is 0.929. The van der Waals surface area contributed by atoms with E-state index in [-0.39, 0.29) is 12.0 Å². The smallest absolute Gasteiger partial charge is 0.323 e. The number of aliphatic hydroxyl groups is 1. The minimum Gasteiger partial charge on any atom is -0.465 e. The molecular weight excluding hydrogens is 230 g/mol. The van der Waals surface area contributed by atoms with Gasteiger partial charge in [-0.2, -0.15) is 0 Å². The van der Waals surface area contributed by atoms with Gasteiger partial charge in [0.25, 0.3) is 0 Å². The lowest BCUT2D eigenvalue weighted by Gasteiger charge is -2.38. The Bertz CT molecular complexity index is 287. The van der Waals surface area contributed by atoms with E-state index < -0.39 is 5.60 Å². The van der Waals surface area contributed by atoms with Crippen molar-refractivity contribution in [3.05, 3.63) is 0 Å². The average Bonchev–Trinajstić information content (AvgIpc) is 2.77. The molecule has 0 radical (unpaired) electrons. The van der Waals surface area contributed by atoms with Crippen LogP contribution >= 0.6 is 0 Å². The zero-order valence-electron chi connectivity index (χ0n) is 11.4. The number of esters is 1. The van der Waals surface area contributed by atoms with E-state index in [1.807, 2.05) is 6.92 Å². The zero-order valence-corrected chi connectivity index (χ0v) is 11.4. The van der Waals surface area contributed by atoms with E-state index in [0.29, 0.717) is 13.2 Å². The van der Waals surface area contributed by atoms with Gasteiger partial charge in [0, 0.05) is 6.54 Å². The number of ether oxygens (including phenoxy) is 1. The number of carbonyl (C=O) groups is 1. The first-order chi connectivity index (χ1) is 8.64. The summed E-state index contributed by atoms with van der Waals surface area (Å²) in [5, 5.41) is 10.5. The van der Waals surface area contributed by atoms with Gasteiger partial charge in [0.05, 0.1) is 12.2 Å². The highest BCUT2D eigenvalue weighted by Gasteiger charge is 2.38. The molecule has 1 heterocycles. The van der Waals surface area contributed by atoms with Crippen molar-refractivity contribution in [2.75, 3.05) is 19.7 Å². The predicted octanol–water partition coefficient (Wildman–Crippen LogP) is 1.71. The van der Waals surface area contributed by atoms with E-state index >= 15 is 0 Å². The summed E-state index contributed by atoms with van der Waals surface area (Å²) in [4.78, 5) is 14.1. The molecule has 0 spiro atoms. The Morgan fingerprint density at radius 3 is 2.72 bits per heavy atom. The summed E-state index contributed by atoms with van der Waals surface area (Å²) in [5.41, 5.74) is -0.567. The molecule has 1 unspecified atom stereocenters. The standard InChI is InChI=1S/C14H25NO3/c1-2-18-13(16)12-7-3-6-10-15(12)11-14(17)8-4-5-9-14/h12,17H,2-11H2,1H3. The largest absolute Gasteiger partial charge is 0.465 e. The maximum atomic E-state index is 11.9. The zero-order chi connectivity index (χ0) is 13.0. The van der Waals surface area contributed by atoms with E-state index in [1.54, 1.807) is 0 Å². The summed E-state index contributed by atoms with van der Waals surface area (Å²) in [6.07, 6.45) is 7.03. The fourth-order valence-electron chi connectivity index (χ4n) is 3.25. The van der Waals surface area contributed by atoms with Crippen LogP contribution in [0.1, 0.15) is 51.9 Å². The molecule has 2 rings (SSSR count). The Balaban J connectivity index is 1.96. The van der Waals surface area contributed by atoms with Crippen molar-refractivity contribution >= 4 is 5.97 Å². The molecule has 2 aliphatic rings. The lowest BCUT2D eigenvalue weighted by atomic mass is 9.96. The minimum atomic E-state index is -0.567. The van der Waals surface area contributed by atoms with Gasteiger partial charge in [0.2, 0.25) is 0 Å². The van der Waals surface area contributed by atoms with Gasteiger partial charge in [0.1, 0.15) is 6.04 Å². The Hall–Kier alpha value is -0.610. The van der Waals surface area contributed by atoms with Crippen molar-refractivity contribution < 1.29 is 14.6 Å². The van der Waals surface area contributed by atoms with Crippen LogP contribution in [0.4, 0.5) is 0 Å². The van der Waals surface area contributed by atoms with Crippen LogP contribution in [0.2, 0.25) is 0 Å². The molecular formula is C14H25NO3. The molecule has 1 N–H and O–H groups in total. The van der Waals surface area contributed by atoms with Crippen molar-refractivity contribution in [1.82, 2.24) is 4.90 Å². The predicted molar refractivity (Wildman–Crippen MR) is 69.3 cm³/mol. The summed E-state index contributed by atoms with van der Waals surface area (Å²) in [6.45, 7) is 3.82. The molecule has 0 aromatic heterocycles. The van der Waals surface area contributed by atoms with Gasteiger partial charge in [-0.1, -0.05) is 19.3 Å². The molecule has 1 saturated heterocycles. The van der Waals surface area contributed by atoms with Gasteiger partial charge < -0.3 is 9.84 Å². The minimum absolute atomic E-state index is 0.112. The molecule has 4 heteroatoms. The SMILES string of the molecule is CCOC(=O)C1CCCCN1CC1(O)CCCC1. The molecule has 0 aromatic carbocycles. The van der Waals surface area contributed by atoms with Crippen LogP contribution in [0.25, 0.3) is 0 Å². The highest BCUT2D eigenvalue weighted by molar-refractivity contribution is 5.75. The van der Waals surface area contributed by atoms with Crippen LogP contribution in [-0.4, -0.2) is 47.3 Å². The summed E-state index contributed by atoms with van der Waals surface area (Å²) >= 11 is 0. The molecule has 2 fully saturated rings. The van der Waals surface area contributed by atoms with Crippen molar-refractivity contribution in [3.63, 3.8) is 0 Å². The third kappa shape index (κ3) is 3.23. The summed E-state index contributed by atoms with van der Waals surface area (Å²) in [5.74, 6) is -0.112. The van der Waals surface area contributed by atoms with Crippen LogP contribution in [0.5, 0.6) is 0 Å². The Morgan fingerprint density at radius 1 is 1.33 bits per heavy atom. The van der Waals surface area contributed by atoms with Gasteiger partial charge in [-0.15, -0.1) is 0 Å². The number of β-amino-alcohol motifs (C(OH)–C–C–N with tert-alkyl or cyclic N) is 1. The van der Waals surface area contributed by atoms with E-state index in [4.69, 9.17) is 4.74 Å². The van der Waals surface area contributed by atoms with Crippen molar-refractivity contribution in [3.8, 4) is 0 Å². The van der Waals surface area contributed by atoms with Crippen molar-refractivity contribution in [2.45, 2.75) is 63.5 Å². The third-order valence-corrected chi connectivity index (χ3v) is 4.20. The second kappa shape index (κ2) is 6.02. The first kappa shape index (κ1) is 13.8. The second-order valence-electron chi connectivity index (χ2n) is 5.67. The van der Waals surface area contributed by atoms with E-state index in [9.17, 15) is 9.90 Å². The number of nitrogens with zero attached hydrogens (tertiary/aromatic N) is 1. The second-order valence-corrected chi connectivity index (χ2v) is 5.67. The lowest BCUT2D eigenvalue weighted by molar-refractivity contribution is -0.152. The van der Waals surface area contributed by atoms with Gasteiger partial charge in [-0.3, -0.25) is 9.69 Å². The van der Waals surface area contributed by atoms with Gasteiger partial charge in [0.15, 0.2) is 0 Å². The Kier molecular flexibility index (Phi) is 4.62. The highest BCUT2D eigenvalue weighted by Crippen LogP contribution is 2.32. The van der Waals surface area contributed by atoms with Crippen LogP contribution in [0, 0.1) is 0 Å².